The molecule has 14 heavy (non-hydrogen) atoms. The summed E-state index contributed by atoms with van der Waals surface area (Å²) in [6, 6.07) is 0. The van der Waals surface area contributed by atoms with Crippen LogP contribution in [-0.2, 0) is 19.2 Å². The summed E-state index contributed by atoms with van der Waals surface area (Å²) in [6.45, 7) is -2.28. The molecule has 82 valence electrons. The second-order valence-electron chi connectivity index (χ2n) is 9.63. The first-order chi connectivity index (χ1) is 6.57. The minimum atomic E-state index is -2.28. The Morgan fingerprint density at radius 1 is 0.571 bits per heavy atom. The molecule has 1 spiro atoms. The zero-order valence-electron chi connectivity index (χ0n) is 7.20. The van der Waals surface area contributed by atoms with Gasteiger partial charge in [-0.2, -0.15) is 0 Å². The molecule has 0 atom stereocenters. The molecule has 0 aliphatic carbocycles. The first-order valence-electron chi connectivity index (χ1n) is 5.61. The molecule has 0 aromatic carbocycles. The Morgan fingerprint density at radius 3 is 0.714 bits per heavy atom. The maximum absolute atomic E-state index is 4.70. The second kappa shape index (κ2) is 0.448. The molecule has 10 saturated heterocycles. The molecule has 0 amide bonds. The van der Waals surface area contributed by atoms with Crippen LogP contribution in [-0.4, -0.2) is 0 Å². The van der Waals surface area contributed by atoms with E-state index in [0.717, 1.165) is 0 Å². The van der Waals surface area contributed by atoms with Gasteiger partial charge in [0.25, 0.3) is 0 Å². The van der Waals surface area contributed by atoms with Gasteiger partial charge in [-0.15, -0.1) is 0 Å². The van der Waals surface area contributed by atoms with Crippen LogP contribution in [0.25, 0.3) is 0 Å². The van der Waals surface area contributed by atoms with Crippen LogP contribution < -0.4 is 0 Å². The molecule has 0 saturated carbocycles. The van der Waals surface area contributed by atoms with E-state index in [-0.39, 0.29) is 0 Å². The first kappa shape index (κ1) is 5.97. The normalized spacial score (nSPS) is 136. The predicted molar refractivity (Wildman–Crippen MR) is 49.2 cm³/mol. The predicted octanol–water partition coefficient (Wildman–Crippen LogP) is 4.75. The summed E-state index contributed by atoms with van der Waals surface area (Å²) in [4.78, 5) is 15.9. The Hall–Kier alpha value is 1.59. The molecule has 10 aliphatic rings. The first-order valence-corrected chi connectivity index (χ1v) is 14.7. The van der Waals surface area contributed by atoms with Crippen LogP contribution in [0.5, 0.6) is 0 Å². The van der Waals surface area contributed by atoms with Gasteiger partial charge in [-0.05, 0) is 0 Å². The molecule has 0 radical (unpaired) electrons. The van der Waals surface area contributed by atoms with Crippen molar-refractivity contribution in [3.05, 3.63) is 0 Å². The van der Waals surface area contributed by atoms with E-state index >= 15 is 0 Å². The Labute approximate surface area is 87.1 Å². The van der Waals surface area contributed by atoms with Gasteiger partial charge in [-0.1, -0.05) is 0 Å². The van der Waals surface area contributed by atoms with E-state index in [9.17, 15) is 0 Å². The summed E-state index contributed by atoms with van der Waals surface area (Å²) in [5, 5.41) is 0. The van der Waals surface area contributed by atoms with E-state index in [1.165, 1.54) is 0 Å². The van der Waals surface area contributed by atoms with Crippen molar-refractivity contribution in [3.8, 4) is 0 Å². The van der Waals surface area contributed by atoms with Crippen LogP contribution in [0.2, 0.25) is 48.2 Å². The maximum atomic E-state index is 4.70. The fourth-order valence-corrected chi connectivity index (χ4v) is 88.0. The van der Waals surface area contributed by atoms with E-state index in [4.69, 9.17) is 20.4 Å². The van der Waals surface area contributed by atoms with Crippen LogP contribution >= 0.6 is 20.4 Å². The molecule has 10 rings (SSSR count). The third-order valence-electron chi connectivity index (χ3n) is 14.5. The molecule has 10 aliphatic heterocycles. The summed E-state index contributed by atoms with van der Waals surface area (Å²) in [5.74, 6) is 0. The molecular weight excluding hydrogens is 306 g/mol. The SMILES string of the molecule is [CH]12[CH]3[CH]4[CH]5[CH]1[Fe]23451678[CH]2[CH]1[CH]6[CH]7[CH]28.[Cl][Ni][Cl]. The van der Waals surface area contributed by atoms with Gasteiger partial charge in [0.15, 0.2) is 0 Å². The summed E-state index contributed by atoms with van der Waals surface area (Å²) in [5.41, 5.74) is 0. The Balaban J connectivity index is 0.000000151. The van der Waals surface area contributed by atoms with E-state index in [2.05, 4.69) is 0 Å². The summed E-state index contributed by atoms with van der Waals surface area (Å²) < 4.78 is 0. The van der Waals surface area contributed by atoms with Gasteiger partial charge in [-0.3, -0.25) is 0 Å². The molecule has 0 bridgehead atoms. The third-order valence-corrected chi connectivity index (χ3v) is 56.5. The molecule has 0 N–H and O–H groups in total. The molecule has 0 nitrogen and oxygen atoms in total. The monoisotopic (exact) mass is 314 g/mol. The average molecular weight is 316 g/mol. The Morgan fingerprint density at radius 2 is 0.714 bits per heavy atom. The topological polar surface area (TPSA) is 0 Å². The molecule has 10 heterocycles. The molecule has 4 heteroatoms. The van der Waals surface area contributed by atoms with Gasteiger partial charge >= 0.3 is 87.7 Å². The van der Waals surface area contributed by atoms with E-state index in [0.29, 0.717) is 12.7 Å². The summed E-state index contributed by atoms with van der Waals surface area (Å²) in [7, 11) is 9.40. The third kappa shape index (κ3) is 0.0530. The molecule has 0 aromatic heterocycles. The van der Waals surface area contributed by atoms with Gasteiger partial charge in [0, 0.05) is 0 Å². The number of hydrogen-bond donors (Lipinski definition) is 0. The van der Waals surface area contributed by atoms with Crippen molar-refractivity contribution in [2.45, 2.75) is 48.2 Å². The second-order valence-corrected chi connectivity index (χ2v) is 35.2. The fourth-order valence-electron chi connectivity index (χ4n) is 15.8. The standard InChI is InChI=1S/2C5H5.2ClH.Fe.Ni/c2*1-2-4-5-3-1;;;;/h2*1-5H;2*1H;;/q;;;;;+2/p-2. The van der Waals surface area contributed by atoms with Crippen LogP contribution in [0.3, 0.4) is 0 Å². The fraction of sp³-hybridized carbons (Fsp3) is 1.00. The van der Waals surface area contributed by atoms with Crippen LogP contribution in [0.15, 0.2) is 0 Å². The average Bonchev–Trinajstić information content (AvgIpc) is 3.15. The van der Waals surface area contributed by atoms with Gasteiger partial charge in [-0.25, -0.2) is 0 Å². The van der Waals surface area contributed by atoms with Gasteiger partial charge < -0.3 is 0 Å². The van der Waals surface area contributed by atoms with Gasteiger partial charge in [0.1, 0.15) is 0 Å². The van der Waals surface area contributed by atoms with Crippen molar-refractivity contribution in [1.82, 2.24) is 0 Å². The van der Waals surface area contributed by atoms with Crippen molar-refractivity contribution in [1.29, 1.82) is 0 Å². The number of halogens is 2. The van der Waals surface area contributed by atoms with Crippen LogP contribution in [0, 0.1) is 0 Å². The van der Waals surface area contributed by atoms with Crippen molar-refractivity contribution in [2.75, 3.05) is 0 Å². The van der Waals surface area contributed by atoms with Crippen molar-refractivity contribution >= 4 is 20.4 Å². The Kier molecular flexibility index (Phi) is 0.191. The summed E-state index contributed by atoms with van der Waals surface area (Å²) >= 11 is 0.569. The number of fused-ring (bicyclic) bond motifs is 10. The Bertz CT molecular complexity index is 601. The molecular formula is C10H10Cl2FeNi. The number of rotatable bonds is 0. The van der Waals surface area contributed by atoms with E-state index in [1.54, 1.807) is 48.2 Å². The van der Waals surface area contributed by atoms with Crippen LogP contribution in [0.1, 0.15) is 0 Å². The summed E-state index contributed by atoms with van der Waals surface area (Å²) in [6.07, 6.45) is 0. The van der Waals surface area contributed by atoms with E-state index in [1.807, 2.05) is 0 Å². The number of hydrogen-bond acceptors (Lipinski definition) is 0. The van der Waals surface area contributed by atoms with Crippen LogP contribution in [0.4, 0.5) is 0 Å². The van der Waals surface area contributed by atoms with E-state index < -0.39 is 6.51 Å². The zero-order valence-corrected chi connectivity index (χ0v) is 10.8. The molecule has 10 fully saturated rings. The van der Waals surface area contributed by atoms with Gasteiger partial charge in [0.05, 0.1) is 0 Å². The van der Waals surface area contributed by atoms with Crippen molar-refractivity contribution in [2.24, 2.45) is 0 Å². The molecule has 0 unspecified atom stereocenters. The van der Waals surface area contributed by atoms with Crippen molar-refractivity contribution < 1.29 is 19.2 Å². The minimum absolute atomic E-state index is 0.569. The van der Waals surface area contributed by atoms with Gasteiger partial charge in [0.2, 0.25) is 0 Å². The van der Waals surface area contributed by atoms with Crippen molar-refractivity contribution in [3.63, 3.8) is 0 Å². The zero-order chi connectivity index (χ0) is 8.80. The molecule has 0 aromatic rings. The quantitative estimate of drug-likeness (QED) is 0.566.